The molecule has 28 heavy (non-hydrogen) atoms. The Balaban J connectivity index is 1.44. The van der Waals surface area contributed by atoms with Crippen LogP contribution in [0.25, 0.3) is 10.7 Å². The van der Waals surface area contributed by atoms with Gasteiger partial charge < -0.3 is 9.80 Å². The molecule has 2 aromatic heterocycles. The summed E-state index contributed by atoms with van der Waals surface area (Å²) < 4.78 is 15.4. The third kappa shape index (κ3) is 4.00. The van der Waals surface area contributed by atoms with Crippen molar-refractivity contribution in [3.05, 3.63) is 52.4 Å². The van der Waals surface area contributed by atoms with E-state index in [0.29, 0.717) is 30.2 Å². The highest BCUT2D eigenvalue weighted by Crippen LogP contribution is 2.23. The van der Waals surface area contributed by atoms with E-state index in [1.54, 1.807) is 28.0 Å². The maximum atomic E-state index is 13.2. The van der Waals surface area contributed by atoms with E-state index in [0.717, 1.165) is 23.5 Å². The van der Waals surface area contributed by atoms with Crippen molar-refractivity contribution in [2.24, 2.45) is 0 Å². The molecule has 0 aliphatic carbocycles. The molecule has 0 bridgehead atoms. The monoisotopic (exact) mass is 417 g/mol. The molecular weight excluding hydrogens is 397 g/mol. The third-order valence-electron chi connectivity index (χ3n) is 4.83. The van der Waals surface area contributed by atoms with Gasteiger partial charge in [-0.15, -0.1) is 11.3 Å². The molecule has 1 N–H and O–H groups in total. The van der Waals surface area contributed by atoms with Gasteiger partial charge in [-0.05, 0) is 54.4 Å². The fourth-order valence-electron chi connectivity index (χ4n) is 3.37. The van der Waals surface area contributed by atoms with Crippen LogP contribution in [0.2, 0.25) is 0 Å². The summed E-state index contributed by atoms with van der Waals surface area (Å²) in [5.41, 5.74) is 0.979. The Hall–Kier alpha value is -2.52. The molecule has 0 radical (unpaired) electrons. The summed E-state index contributed by atoms with van der Waals surface area (Å²) in [5, 5.41) is 9.04. The summed E-state index contributed by atoms with van der Waals surface area (Å²) in [6.07, 6.45) is 0.859. The van der Waals surface area contributed by atoms with E-state index in [9.17, 15) is 9.18 Å². The van der Waals surface area contributed by atoms with Crippen molar-refractivity contribution in [2.75, 3.05) is 31.1 Å². The molecule has 0 atom stereocenters. The van der Waals surface area contributed by atoms with Crippen molar-refractivity contribution in [1.82, 2.24) is 19.7 Å². The highest BCUT2D eigenvalue weighted by molar-refractivity contribution is 7.71. The number of nitrogens with one attached hydrogen (secondary N) is 1. The van der Waals surface area contributed by atoms with E-state index >= 15 is 0 Å². The average molecular weight is 418 g/mol. The fraction of sp³-hybridized carbons (Fsp3) is 0.316. The summed E-state index contributed by atoms with van der Waals surface area (Å²) in [5.74, 6) is 0.473. The zero-order chi connectivity index (χ0) is 19.5. The second-order valence-corrected chi connectivity index (χ2v) is 7.95. The number of carbonyl (C=O) groups excluding carboxylic acids is 1. The smallest absolute Gasteiger partial charge is 0.242 e. The molecular formula is C19H20FN5OS2. The number of benzene rings is 1. The van der Waals surface area contributed by atoms with Crippen LogP contribution < -0.4 is 4.90 Å². The number of aromatic nitrogens is 3. The Bertz CT molecular complexity index is 996. The first-order valence-corrected chi connectivity index (χ1v) is 10.4. The number of aromatic amines is 1. The van der Waals surface area contributed by atoms with Gasteiger partial charge in [-0.3, -0.25) is 14.5 Å². The number of thiophene rings is 1. The van der Waals surface area contributed by atoms with Crippen molar-refractivity contribution in [3.8, 4) is 10.7 Å². The second-order valence-electron chi connectivity index (χ2n) is 6.61. The minimum Gasteiger partial charge on any atom is -0.370 e. The minimum atomic E-state index is -0.242. The molecule has 9 heteroatoms. The van der Waals surface area contributed by atoms with Crippen LogP contribution in [0.3, 0.4) is 0 Å². The molecule has 1 saturated heterocycles. The van der Waals surface area contributed by atoms with Gasteiger partial charge >= 0.3 is 0 Å². The number of carbonyl (C=O) groups is 1. The van der Waals surface area contributed by atoms with Crippen LogP contribution in [-0.2, 0) is 11.3 Å². The molecule has 0 unspecified atom stereocenters. The minimum absolute atomic E-state index is 0.0243. The molecule has 1 aromatic carbocycles. The van der Waals surface area contributed by atoms with Gasteiger partial charge in [0.05, 0.1) is 4.88 Å². The van der Waals surface area contributed by atoms with E-state index in [4.69, 9.17) is 12.2 Å². The van der Waals surface area contributed by atoms with Crippen LogP contribution in [0.5, 0.6) is 0 Å². The van der Waals surface area contributed by atoms with Gasteiger partial charge in [-0.25, -0.2) is 4.39 Å². The first-order chi connectivity index (χ1) is 13.6. The molecule has 6 nitrogen and oxygen atoms in total. The zero-order valence-corrected chi connectivity index (χ0v) is 16.8. The van der Waals surface area contributed by atoms with Crippen molar-refractivity contribution in [1.29, 1.82) is 0 Å². The van der Waals surface area contributed by atoms with Gasteiger partial charge in [-0.2, -0.15) is 5.10 Å². The van der Waals surface area contributed by atoms with Gasteiger partial charge in [-0.1, -0.05) is 6.07 Å². The van der Waals surface area contributed by atoms with Crippen molar-refractivity contribution >= 4 is 35.1 Å². The zero-order valence-electron chi connectivity index (χ0n) is 15.2. The number of anilines is 1. The maximum absolute atomic E-state index is 13.2. The molecule has 0 spiro atoms. The van der Waals surface area contributed by atoms with E-state index in [-0.39, 0.29) is 18.3 Å². The molecule has 1 fully saturated rings. The van der Waals surface area contributed by atoms with E-state index in [1.165, 1.54) is 12.1 Å². The van der Waals surface area contributed by atoms with Crippen LogP contribution in [0.15, 0.2) is 41.8 Å². The van der Waals surface area contributed by atoms with Crippen molar-refractivity contribution in [3.63, 3.8) is 0 Å². The molecule has 3 aromatic rings. The summed E-state index contributed by atoms with van der Waals surface area (Å²) in [6, 6.07) is 10.4. The van der Waals surface area contributed by atoms with Gasteiger partial charge in [0.2, 0.25) is 5.91 Å². The average Bonchev–Trinajstić information content (AvgIpc) is 3.26. The number of amides is 1. The first-order valence-electron chi connectivity index (χ1n) is 9.09. The van der Waals surface area contributed by atoms with Crippen LogP contribution in [0, 0.1) is 10.6 Å². The summed E-state index contributed by atoms with van der Waals surface area (Å²) >= 11 is 6.89. The standard InChI is InChI=1S/C19H20FN5OS2/c20-14-4-6-15(7-5-14)23-8-2-9-24(11-10-23)17(26)13-25-18(21-22-19(25)27)16-3-1-12-28-16/h1,3-7,12H,2,8-11,13H2,(H,22,27). The Morgan fingerprint density at radius 2 is 2.00 bits per heavy atom. The number of rotatable bonds is 4. The topological polar surface area (TPSA) is 57.2 Å². The quantitative estimate of drug-likeness (QED) is 0.660. The number of nitrogens with zero attached hydrogens (tertiary/aromatic N) is 4. The lowest BCUT2D eigenvalue weighted by atomic mass is 10.2. The molecule has 1 aliphatic rings. The van der Waals surface area contributed by atoms with Crippen LogP contribution in [0.1, 0.15) is 6.42 Å². The Morgan fingerprint density at radius 1 is 1.18 bits per heavy atom. The molecule has 3 heterocycles. The van der Waals surface area contributed by atoms with Gasteiger partial charge in [0.1, 0.15) is 12.4 Å². The molecule has 146 valence electrons. The van der Waals surface area contributed by atoms with Gasteiger partial charge in [0.15, 0.2) is 10.6 Å². The maximum Gasteiger partial charge on any atom is 0.242 e. The van der Waals surface area contributed by atoms with Gasteiger partial charge in [0, 0.05) is 31.9 Å². The van der Waals surface area contributed by atoms with Gasteiger partial charge in [0.25, 0.3) is 0 Å². The number of H-pyrrole nitrogens is 1. The number of hydrogen-bond donors (Lipinski definition) is 1. The Labute approximate surface area is 171 Å². The third-order valence-corrected chi connectivity index (χ3v) is 6.01. The van der Waals surface area contributed by atoms with Crippen LogP contribution in [-0.4, -0.2) is 51.8 Å². The number of halogens is 1. The van der Waals surface area contributed by atoms with Crippen LogP contribution in [0.4, 0.5) is 10.1 Å². The normalized spacial score (nSPS) is 14.9. The second kappa shape index (κ2) is 8.24. The molecule has 4 rings (SSSR count). The molecule has 1 amide bonds. The van der Waals surface area contributed by atoms with E-state index < -0.39 is 0 Å². The highest BCUT2D eigenvalue weighted by atomic mass is 32.1. The lowest BCUT2D eigenvalue weighted by Gasteiger charge is -2.24. The predicted molar refractivity (Wildman–Crippen MR) is 111 cm³/mol. The molecule has 1 aliphatic heterocycles. The molecule has 0 saturated carbocycles. The summed E-state index contributed by atoms with van der Waals surface area (Å²) in [7, 11) is 0. The highest BCUT2D eigenvalue weighted by Gasteiger charge is 2.21. The largest absolute Gasteiger partial charge is 0.370 e. The van der Waals surface area contributed by atoms with Crippen molar-refractivity contribution in [2.45, 2.75) is 13.0 Å². The van der Waals surface area contributed by atoms with Crippen molar-refractivity contribution < 1.29 is 9.18 Å². The lowest BCUT2D eigenvalue weighted by Crippen LogP contribution is -2.37. The first kappa shape index (κ1) is 18.8. The summed E-state index contributed by atoms with van der Waals surface area (Å²) in [4.78, 5) is 18.0. The van der Waals surface area contributed by atoms with E-state index in [1.807, 2.05) is 22.4 Å². The van der Waals surface area contributed by atoms with Crippen LogP contribution >= 0.6 is 23.6 Å². The Morgan fingerprint density at radius 3 is 2.75 bits per heavy atom. The predicted octanol–water partition coefficient (Wildman–Crippen LogP) is 3.55. The SMILES string of the molecule is O=C(Cn1c(-c2cccs2)n[nH]c1=S)N1CCCN(c2ccc(F)cc2)CC1. The van der Waals surface area contributed by atoms with E-state index in [2.05, 4.69) is 15.1 Å². The Kier molecular flexibility index (Phi) is 5.54. The lowest BCUT2D eigenvalue weighted by molar-refractivity contribution is -0.131. The number of hydrogen-bond acceptors (Lipinski definition) is 5. The fourth-order valence-corrected chi connectivity index (χ4v) is 4.29. The summed E-state index contributed by atoms with van der Waals surface area (Å²) in [6.45, 7) is 3.03.